The summed E-state index contributed by atoms with van der Waals surface area (Å²) in [5, 5.41) is 7.86. The first kappa shape index (κ1) is 13.5. The van der Waals surface area contributed by atoms with E-state index < -0.39 is 0 Å². The number of halogens is 1. The van der Waals surface area contributed by atoms with Gasteiger partial charge in [0.25, 0.3) is 0 Å². The second kappa shape index (κ2) is 5.70. The van der Waals surface area contributed by atoms with Gasteiger partial charge in [-0.1, -0.05) is 17.4 Å². The first-order valence-electron chi connectivity index (χ1n) is 4.59. The van der Waals surface area contributed by atoms with Gasteiger partial charge >= 0.3 is 0 Å². The molecule has 0 fully saturated rings. The van der Waals surface area contributed by atoms with E-state index in [2.05, 4.69) is 31.0 Å². The SMILES string of the molecule is Br.C=CCn1c(=N)sc2cc(SC)ccc21. The molecule has 0 radical (unpaired) electrons. The zero-order chi connectivity index (χ0) is 10.8. The molecule has 2 aromatic rings. The van der Waals surface area contributed by atoms with Gasteiger partial charge in [-0.05, 0) is 24.5 Å². The third-order valence-electron chi connectivity index (χ3n) is 2.22. The normalized spacial score (nSPS) is 10.1. The highest BCUT2D eigenvalue weighted by Crippen LogP contribution is 2.23. The average Bonchev–Trinajstić information content (AvgIpc) is 2.55. The van der Waals surface area contributed by atoms with Crippen molar-refractivity contribution in [1.29, 1.82) is 5.41 Å². The molecule has 1 aromatic carbocycles. The van der Waals surface area contributed by atoms with Crippen LogP contribution in [0.15, 0.2) is 35.7 Å². The van der Waals surface area contributed by atoms with Crippen LogP contribution in [-0.2, 0) is 6.54 Å². The topological polar surface area (TPSA) is 28.8 Å². The number of fused-ring (bicyclic) bond motifs is 1. The van der Waals surface area contributed by atoms with E-state index in [1.807, 2.05) is 10.6 Å². The number of thioether (sulfide) groups is 1. The summed E-state index contributed by atoms with van der Waals surface area (Å²) in [5.41, 5.74) is 1.13. The highest BCUT2D eigenvalue weighted by Gasteiger charge is 2.04. The largest absolute Gasteiger partial charge is 0.313 e. The maximum absolute atomic E-state index is 7.86. The van der Waals surface area contributed by atoms with Crippen LogP contribution in [0.1, 0.15) is 0 Å². The minimum Gasteiger partial charge on any atom is -0.313 e. The van der Waals surface area contributed by atoms with E-state index in [-0.39, 0.29) is 17.0 Å². The van der Waals surface area contributed by atoms with E-state index in [1.54, 1.807) is 11.8 Å². The lowest BCUT2D eigenvalue weighted by atomic mass is 10.3. The highest BCUT2D eigenvalue weighted by molar-refractivity contribution is 8.93. The van der Waals surface area contributed by atoms with Gasteiger partial charge in [0.2, 0.25) is 0 Å². The van der Waals surface area contributed by atoms with Gasteiger partial charge in [0.1, 0.15) is 0 Å². The molecular formula is C11H13BrN2S2. The third kappa shape index (κ3) is 2.42. The molecule has 1 heterocycles. The first-order valence-corrected chi connectivity index (χ1v) is 6.63. The fourth-order valence-corrected chi connectivity index (χ4v) is 2.98. The van der Waals surface area contributed by atoms with E-state index in [9.17, 15) is 0 Å². The quantitative estimate of drug-likeness (QED) is 0.679. The van der Waals surface area contributed by atoms with Gasteiger partial charge in [-0.2, -0.15) is 0 Å². The number of hydrogen-bond donors (Lipinski definition) is 1. The summed E-state index contributed by atoms with van der Waals surface area (Å²) in [4.78, 5) is 1.83. The number of hydrogen-bond acceptors (Lipinski definition) is 3. The zero-order valence-electron chi connectivity index (χ0n) is 8.90. The van der Waals surface area contributed by atoms with Crippen LogP contribution in [-0.4, -0.2) is 10.8 Å². The summed E-state index contributed by atoms with van der Waals surface area (Å²) in [6, 6.07) is 6.32. The Bertz CT molecular complexity index is 557. The molecule has 0 atom stereocenters. The molecule has 0 amide bonds. The van der Waals surface area contributed by atoms with Crippen LogP contribution >= 0.6 is 40.1 Å². The number of thiazole rings is 1. The lowest BCUT2D eigenvalue weighted by molar-refractivity contribution is 0.811. The maximum atomic E-state index is 7.86. The summed E-state index contributed by atoms with van der Waals surface area (Å²) in [7, 11) is 0. The molecule has 1 aromatic heterocycles. The molecule has 86 valence electrons. The molecule has 5 heteroatoms. The Morgan fingerprint density at radius 2 is 2.31 bits per heavy atom. The minimum atomic E-state index is 0. The standard InChI is InChI=1S/C11H12N2S2.BrH/c1-3-6-13-9-5-4-8(14-2)7-10(9)15-11(13)12;/h3-5,7,12H,1,6H2,2H3;1H. The van der Waals surface area contributed by atoms with E-state index in [4.69, 9.17) is 5.41 Å². The number of aromatic nitrogens is 1. The molecule has 2 nitrogen and oxygen atoms in total. The van der Waals surface area contributed by atoms with Crippen molar-refractivity contribution in [3.05, 3.63) is 35.7 Å². The van der Waals surface area contributed by atoms with E-state index in [0.29, 0.717) is 11.3 Å². The van der Waals surface area contributed by atoms with Crippen molar-refractivity contribution in [3.63, 3.8) is 0 Å². The van der Waals surface area contributed by atoms with Crippen molar-refractivity contribution < 1.29 is 0 Å². The van der Waals surface area contributed by atoms with E-state index in [1.165, 1.54) is 20.9 Å². The smallest absolute Gasteiger partial charge is 0.183 e. The van der Waals surface area contributed by atoms with Gasteiger partial charge in [-0.25, -0.2) is 0 Å². The average molecular weight is 317 g/mol. The Morgan fingerprint density at radius 3 is 2.94 bits per heavy atom. The number of rotatable bonds is 3. The molecule has 0 bridgehead atoms. The zero-order valence-corrected chi connectivity index (χ0v) is 12.2. The monoisotopic (exact) mass is 316 g/mol. The summed E-state index contributed by atoms with van der Waals surface area (Å²) in [6.45, 7) is 4.42. The van der Waals surface area contributed by atoms with Gasteiger partial charge < -0.3 is 4.57 Å². The van der Waals surface area contributed by atoms with Gasteiger partial charge in [-0.15, -0.1) is 35.3 Å². The second-order valence-electron chi connectivity index (χ2n) is 3.14. The lowest BCUT2D eigenvalue weighted by Gasteiger charge is -2.00. The Balaban J connectivity index is 0.00000128. The van der Waals surface area contributed by atoms with Crippen molar-refractivity contribution in [2.24, 2.45) is 0 Å². The predicted molar refractivity (Wildman–Crippen MR) is 78.0 cm³/mol. The molecule has 0 unspecified atom stereocenters. The van der Waals surface area contributed by atoms with Gasteiger partial charge in [0.05, 0.1) is 10.2 Å². The Morgan fingerprint density at radius 1 is 1.56 bits per heavy atom. The summed E-state index contributed by atoms with van der Waals surface area (Å²) < 4.78 is 3.14. The summed E-state index contributed by atoms with van der Waals surface area (Å²) in [6.07, 6.45) is 3.89. The van der Waals surface area contributed by atoms with Crippen molar-refractivity contribution in [1.82, 2.24) is 4.57 Å². The first-order chi connectivity index (χ1) is 7.26. The number of nitrogens with one attached hydrogen (secondary N) is 1. The number of nitrogens with zero attached hydrogens (tertiary/aromatic N) is 1. The molecular weight excluding hydrogens is 304 g/mol. The molecule has 0 saturated carbocycles. The van der Waals surface area contributed by atoms with Crippen LogP contribution in [0.5, 0.6) is 0 Å². The number of allylic oxidation sites excluding steroid dienone is 1. The van der Waals surface area contributed by atoms with E-state index in [0.717, 1.165) is 5.52 Å². The van der Waals surface area contributed by atoms with Crippen LogP contribution in [0.2, 0.25) is 0 Å². The molecule has 0 aliphatic carbocycles. The van der Waals surface area contributed by atoms with Crippen molar-refractivity contribution >= 4 is 50.3 Å². The van der Waals surface area contributed by atoms with Crippen LogP contribution < -0.4 is 4.80 Å². The highest BCUT2D eigenvalue weighted by atomic mass is 79.9. The van der Waals surface area contributed by atoms with E-state index >= 15 is 0 Å². The molecule has 0 aliphatic rings. The van der Waals surface area contributed by atoms with Gasteiger partial charge in [-0.3, -0.25) is 5.41 Å². The number of benzene rings is 1. The van der Waals surface area contributed by atoms with Gasteiger partial charge in [0.15, 0.2) is 4.80 Å². The third-order valence-corrected chi connectivity index (χ3v) is 3.91. The van der Waals surface area contributed by atoms with Crippen molar-refractivity contribution in [3.8, 4) is 0 Å². The molecule has 0 saturated heterocycles. The second-order valence-corrected chi connectivity index (χ2v) is 5.05. The van der Waals surface area contributed by atoms with Crippen LogP contribution in [0.4, 0.5) is 0 Å². The van der Waals surface area contributed by atoms with Crippen LogP contribution in [0.3, 0.4) is 0 Å². The Hall–Kier alpha value is -0.520. The maximum Gasteiger partial charge on any atom is 0.183 e. The molecule has 0 spiro atoms. The molecule has 1 N–H and O–H groups in total. The minimum absolute atomic E-state index is 0. The Kier molecular flexibility index (Phi) is 4.83. The lowest BCUT2D eigenvalue weighted by Crippen LogP contribution is -2.11. The van der Waals surface area contributed by atoms with Crippen molar-refractivity contribution in [2.75, 3.05) is 6.26 Å². The fourth-order valence-electron chi connectivity index (χ4n) is 1.51. The summed E-state index contributed by atoms with van der Waals surface area (Å²) >= 11 is 3.24. The molecule has 16 heavy (non-hydrogen) atoms. The van der Waals surface area contributed by atoms with Crippen molar-refractivity contribution in [2.45, 2.75) is 11.4 Å². The summed E-state index contributed by atoms with van der Waals surface area (Å²) in [5.74, 6) is 0. The van der Waals surface area contributed by atoms with Crippen LogP contribution in [0, 0.1) is 5.41 Å². The molecule has 2 rings (SSSR count). The molecule has 0 aliphatic heterocycles. The predicted octanol–water partition coefficient (Wildman–Crippen LogP) is 3.67. The van der Waals surface area contributed by atoms with Gasteiger partial charge in [0, 0.05) is 11.4 Å². The Labute approximate surface area is 113 Å². The fraction of sp³-hybridized carbons (Fsp3) is 0.182. The van der Waals surface area contributed by atoms with Crippen LogP contribution in [0.25, 0.3) is 10.2 Å².